The van der Waals surface area contributed by atoms with E-state index in [9.17, 15) is 19.2 Å². The van der Waals surface area contributed by atoms with Crippen LogP contribution in [0.25, 0.3) is 0 Å². The lowest BCUT2D eigenvalue weighted by Gasteiger charge is -2.30. The van der Waals surface area contributed by atoms with Gasteiger partial charge in [-0.2, -0.15) is 0 Å². The molecule has 1 rings (SSSR count). The number of thiol groups is 1. The van der Waals surface area contributed by atoms with Gasteiger partial charge in [0.15, 0.2) is 0 Å². The molecule has 1 atom stereocenters. The highest BCUT2D eigenvalue weighted by atomic mass is 32.1. The van der Waals surface area contributed by atoms with Crippen molar-refractivity contribution in [3.8, 4) is 0 Å². The van der Waals surface area contributed by atoms with Gasteiger partial charge in [-0.1, -0.05) is 33.1 Å². The van der Waals surface area contributed by atoms with Crippen LogP contribution in [-0.4, -0.2) is 72.6 Å². The summed E-state index contributed by atoms with van der Waals surface area (Å²) in [7, 11) is 1.65. The molecule has 12 nitrogen and oxygen atoms in total. The predicted molar refractivity (Wildman–Crippen MR) is 202 cm³/mol. The number of aliphatic imine (C=N–C) groups is 1. The van der Waals surface area contributed by atoms with Crippen LogP contribution in [0.1, 0.15) is 91.4 Å². The van der Waals surface area contributed by atoms with E-state index in [-0.39, 0.29) is 42.4 Å². The van der Waals surface area contributed by atoms with Crippen LogP contribution in [0.5, 0.6) is 0 Å². The molecule has 0 aliphatic heterocycles. The molecule has 13 heteroatoms. The normalized spacial score (nSPS) is 12.5. The molecule has 3 amide bonds. The van der Waals surface area contributed by atoms with Crippen molar-refractivity contribution < 1.29 is 28.7 Å². The van der Waals surface area contributed by atoms with E-state index in [1.54, 1.807) is 51.3 Å². The Morgan fingerprint density at radius 3 is 2.16 bits per heavy atom. The van der Waals surface area contributed by atoms with Crippen LogP contribution < -0.4 is 27.0 Å². The van der Waals surface area contributed by atoms with Crippen molar-refractivity contribution in [1.82, 2.24) is 16.0 Å². The highest BCUT2D eigenvalue weighted by Gasteiger charge is 2.25. The number of carbonyl (C=O) groups excluding carboxylic acids is 4. The van der Waals surface area contributed by atoms with Crippen molar-refractivity contribution in [1.29, 1.82) is 0 Å². The molecule has 6 N–H and O–H groups in total. The van der Waals surface area contributed by atoms with Gasteiger partial charge >= 0.3 is 0 Å². The van der Waals surface area contributed by atoms with Crippen molar-refractivity contribution in [2.75, 3.05) is 32.2 Å². The first kappa shape index (κ1) is 45.1. The fourth-order valence-corrected chi connectivity index (χ4v) is 4.30. The number of methoxy groups -OCH3 is 1. The van der Waals surface area contributed by atoms with Crippen molar-refractivity contribution in [3.63, 3.8) is 0 Å². The second-order valence-corrected chi connectivity index (χ2v) is 12.8. The van der Waals surface area contributed by atoms with Crippen molar-refractivity contribution >= 4 is 46.9 Å². The highest BCUT2D eigenvalue weighted by Crippen LogP contribution is 2.18. The van der Waals surface area contributed by atoms with E-state index in [0.29, 0.717) is 42.2 Å². The van der Waals surface area contributed by atoms with Crippen LogP contribution >= 0.6 is 12.6 Å². The quantitative estimate of drug-likeness (QED) is 0.0764. The minimum atomic E-state index is -0.950. The molecule has 0 heterocycles. The summed E-state index contributed by atoms with van der Waals surface area (Å²) >= 11 is 3.93. The third kappa shape index (κ3) is 19.0. The van der Waals surface area contributed by atoms with E-state index in [1.165, 1.54) is 0 Å². The fraction of sp³-hybridized carbons (Fsp3) is 0.528. The molecule has 274 valence electrons. The smallest absolute Gasteiger partial charge is 0.275 e. The first-order chi connectivity index (χ1) is 22.9. The van der Waals surface area contributed by atoms with E-state index < -0.39 is 28.5 Å². The van der Waals surface area contributed by atoms with Gasteiger partial charge in [-0.25, -0.2) is 4.99 Å². The van der Waals surface area contributed by atoms with Crippen LogP contribution in [0.3, 0.4) is 0 Å². The van der Waals surface area contributed by atoms with Crippen LogP contribution in [-0.2, 0) is 23.9 Å². The molecule has 0 spiro atoms. The molecule has 0 radical (unpaired) electrons. The third-order valence-electron chi connectivity index (χ3n) is 6.97. The molecule has 0 fully saturated rings. The minimum absolute atomic E-state index is 0.000759. The van der Waals surface area contributed by atoms with E-state index in [0.717, 1.165) is 6.42 Å². The lowest BCUT2D eigenvalue weighted by molar-refractivity contribution is -0.123. The molecule has 0 aliphatic rings. The number of carbonyl (C=O) groups is 4. The van der Waals surface area contributed by atoms with Crippen LogP contribution in [0.2, 0.25) is 0 Å². The van der Waals surface area contributed by atoms with Crippen molar-refractivity contribution in [2.24, 2.45) is 10.7 Å². The summed E-state index contributed by atoms with van der Waals surface area (Å²) < 4.78 is 11.1. The number of amides is 3. The van der Waals surface area contributed by atoms with Gasteiger partial charge in [0, 0.05) is 43.5 Å². The summed E-state index contributed by atoms with van der Waals surface area (Å²) in [4.78, 5) is 54.6. The zero-order valence-electron chi connectivity index (χ0n) is 30.7. The van der Waals surface area contributed by atoms with E-state index in [2.05, 4.69) is 52.0 Å². The Bertz CT molecular complexity index is 1340. The van der Waals surface area contributed by atoms with Crippen molar-refractivity contribution in [3.05, 3.63) is 66.2 Å². The molecule has 1 aromatic rings. The fourth-order valence-electron chi connectivity index (χ4n) is 4.11. The summed E-state index contributed by atoms with van der Waals surface area (Å²) in [6.07, 6.45) is 3.20. The highest BCUT2D eigenvalue weighted by molar-refractivity contribution is 7.96. The standard InChI is InChI=1S/C34H52N6O6S.C2H6/c1-10-25(38-29(22(2)3)31(43)37-23(4)35)21-36-26-13-11-24(12-14-26)30(42)39-27(32(44)47)15-16-28(41)40-33(5,6)17-20-46-34(7,8)18-19-45-9;1-2/h10-14,27,36H,2,4,15-21,35H2,1,3,5-9H3,(H,37,43)(H,39,42)(H,40,41)(H,44,47);1-2H3/b25-10-,38-29?;. The maximum atomic E-state index is 12.9. The Hall–Kier alpha value is -3.94. The first-order valence-electron chi connectivity index (χ1n) is 16.4. The van der Waals surface area contributed by atoms with E-state index >= 15 is 0 Å². The van der Waals surface area contributed by atoms with Gasteiger partial charge in [0.25, 0.3) is 11.8 Å². The Morgan fingerprint density at radius 2 is 1.65 bits per heavy atom. The third-order valence-corrected chi connectivity index (χ3v) is 7.28. The van der Waals surface area contributed by atoms with Gasteiger partial charge in [-0.15, -0.1) is 12.6 Å². The maximum absolute atomic E-state index is 12.9. The topological polar surface area (TPSA) is 173 Å². The Morgan fingerprint density at radius 1 is 1.04 bits per heavy atom. The lowest BCUT2D eigenvalue weighted by atomic mass is 10.00. The summed E-state index contributed by atoms with van der Waals surface area (Å²) in [6, 6.07) is 5.65. The second-order valence-electron chi connectivity index (χ2n) is 12.4. The Balaban J connectivity index is 0.0000113. The molecule has 0 aromatic heterocycles. The molecule has 0 saturated heterocycles. The monoisotopic (exact) mass is 702 g/mol. The number of anilines is 1. The molecule has 0 saturated carbocycles. The summed E-state index contributed by atoms with van der Waals surface area (Å²) in [5, 5.41) is 10.7. The number of nitrogens with zero attached hydrogens (tertiary/aromatic N) is 1. The molecule has 1 unspecified atom stereocenters. The molecule has 49 heavy (non-hydrogen) atoms. The number of allylic oxidation sites excluding steroid dienone is 1. The van der Waals surface area contributed by atoms with E-state index in [1.807, 2.05) is 41.5 Å². The number of rotatable bonds is 21. The van der Waals surface area contributed by atoms with Gasteiger partial charge < -0.3 is 36.5 Å². The van der Waals surface area contributed by atoms with Gasteiger partial charge in [-0.3, -0.25) is 19.2 Å². The first-order valence-corrected chi connectivity index (χ1v) is 16.8. The Labute approximate surface area is 298 Å². The van der Waals surface area contributed by atoms with E-state index in [4.69, 9.17) is 15.2 Å². The SMILES string of the molecule is C=C(N)NC(=O)C(=N/C(=C\C)CNc1ccc(C(=O)NC(CCC(=O)NC(C)(C)CCOC(C)(C)CCOC)C(=O)S)cc1)C(=C)C.CC. The predicted octanol–water partition coefficient (Wildman–Crippen LogP) is 5.04. The molecule has 1 aromatic carbocycles. The van der Waals surface area contributed by atoms with Crippen LogP contribution in [0.4, 0.5) is 5.69 Å². The number of hydrogen-bond donors (Lipinski definition) is 6. The Kier molecular flexibility index (Phi) is 20.8. The largest absolute Gasteiger partial charge is 0.386 e. The van der Waals surface area contributed by atoms with Gasteiger partial charge in [-0.05, 0) is 90.6 Å². The maximum Gasteiger partial charge on any atom is 0.275 e. The van der Waals surface area contributed by atoms with Gasteiger partial charge in [0.2, 0.25) is 11.0 Å². The van der Waals surface area contributed by atoms with Crippen LogP contribution in [0.15, 0.2) is 65.6 Å². The average molecular weight is 703 g/mol. The lowest BCUT2D eigenvalue weighted by Crippen LogP contribution is -2.46. The number of nitrogens with two attached hydrogens (primary N) is 1. The summed E-state index contributed by atoms with van der Waals surface area (Å²) in [5.41, 5.74) is 6.77. The second kappa shape index (κ2) is 22.6. The number of hydrogen-bond acceptors (Lipinski definition) is 9. The van der Waals surface area contributed by atoms with Gasteiger partial charge in [0.05, 0.1) is 29.7 Å². The molecule has 0 aliphatic carbocycles. The van der Waals surface area contributed by atoms with Gasteiger partial charge in [0.1, 0.15) is 5.71 Å². The number of benzene rings is 1. The van der Waals surface area contributed by atoms with Crippen LogP contribution in [0, 0.1) is 0 Å². The summed E-state index contributed by atoms with van der Waals surface area (Å²) in [6.45, 7) is 23.9. The number of nitrogens with one attached hydrogen (secondary N) is 4. The number of ether oxygens (including phenoxy) is 2. The molecular weight excluding hydrogens is 644 g/mol. The zero-order valence-corrected chi connectivity index (χ0v) is 31.6. The molecular formula is C36H58N6O6S. The van der Waals surface area contributed by atoms with Crippen molar-refractivity contribution in [2.45, 2.75) is 98.3 Å². The zero-order chi connectivity index (χ0) is 37.8. The summed E-state index contributed by atoms with van der Waals surface area (Å²) in [5.74, 6) is -1.24. The molecule has 0 bridgehead atoms. The average Bonchev–Trinajstić information content (AvgIpc) is 3.02. The minimum Gasteiger partial charge on any atom is -0.386 e.